The molecule has 0 aliphatic carbocycles. The van der Waals surface area contributed by atoms with E-state index in [4.69, 9.17) is 4.52 Å². The Balaban J connectivity index is 1.47. The predicted octanol–water partition coefficient (Wildman–Crippen LogP) is 3.40. The van der Waals surface area contributed by atoms with Crippen LogP contribution in [0.4, 0.5) is 5.82 Å². The van der Waals surface area contributed by atoms with Crippen LogP contribution >= 0.6 is 0 Å². The molecular formula is C18H18N4O2. The number of carbonyl (C=O) groups excluding carboxylic acids is 1. The van der Waals surface area contributed by atoms with Gasteiger partial charge in [0, 0.05) is 24.6 Å². The first-order valence-corrected chi connectivity index (χ1v) is 7.81. The van der Waals surface area contributed by atoms with Crippen LogP contribution in [-0.4, -0.2) is 21.0 Å². The highest BCUT2D eigenvalue weighted by Crippen LogP contribution is 2.15. The maximum Gasteiger partial charge on any atom is 0.226 e. The minimum absolute atomic E-state index is 0.0749. The number of pyridine rings is 1. The van der Waals surface area contributed by atoms with Crippen molar-refractivity contribution in [3.05, 3.63) is 60.1 Å². The van der Waals surface area contributed by atoms with Crippen LogP contribution in [-0.2, 0) is 11.2 Å². The van der Waals surface area contributed by atoms with Crippen LogP contribution in [0.1, 0.15) is 24.3 Å². The minimum Gasteiger partial charge on any atom is -0.339 e. The number of anilines is 1. The lowest BCUT2D eigenvalue weighted by Gasteiger charge is -2.03. The van der Waals surface area contributed by atoms with Crippen LogP contribution in [0.2, 0.25) is 0 Å². The summed E-state index contributed by atoms with van der Waals surface area (Å²) in [5.41, 5.74) is 1.97. The van der Waals surface area contributed by atoms with Crippen molar-refractivity contribution in [2.45, 2.75) is 26.2 Å². The van der Waals surface area contributed by atoms with Gasteiger partial charge in [-0.1, -0.05) is 41.6 Å². The minimum atomic E-state index is -0.0749. The molecule has 6 heteroatoms. The Hall–Kier alpha value is -3.02. The van der Waals surface area contributed by atoms with Gasteiger partial charge in [0.1, 0.15) is 5.82 Å². The zero-order valence-corrected chi connectivity index (χ0v) is 13.4. The monoisotopic (exact) mass is 322 g/mol. The van der Waals surface area contributed by atoms with E-state index in [9.17, 15) is 4.79 Å². The third-order valence-corrected chi connectivity index (χ3v) is 3.47. The van der Waals surface area contributed by atoms with E-state index < -0.39 is 0 Å². The second kappa shape index (κ2) is 7.50. The highest BCUT2D eigenvalue weighted by atomic mass is 16.5. The standard InChI is InChI=1S/C18H18N4O2/c1-13-10-11-15(19-12-13)20-16(23)8-5-9-17-21-18(22-24-17)14-6-3-2-4-7-14/h2-4,6-7,10-12H,5,8-9H2,1H3,(H,19,20,23). The highest BCUT2D eigenvalue weighted by molar-refractivity contribution is 5.89. The van der Waals surface area contributed by atoms with E-state index in [1.807, 2.05) is 43.3 Å². The van der Waals surface area contributed by atoms with Crippen LogP contribution < -0.4 is 5.32 Å². The van der Waals surface area contributed by atoms with E-state index in [0.717, 1.165) is 11.1 Å². The van der Waals surface area contributed by atoms with Gasteiger partial charge in [0.05, 0.1) is 0 Å². The number of rotatable bonds is 6. The number of aryl methyl sites for hydroxylation is 2. The molecule has 2 aromatic heterocycles. The summed E-state index contributed by atoms with van der Waals surface area (Å²) >= 11 is 0. The third kappa shape index (κ3) is 4.25. The highest BCUT2D eigenvalue weighted by Gasteiger charge is 2.09. The van der Waals surface area contributed by atoms with Crippen molar-refractivity contribution in [1.29, 1.82) is 0 Å². The molecule has 1 aromatic carbocycles. The SMILES string of the molecule is Cc1ccc(NC(=O)CCCc2nc(-c3ccccc3)no2)nc1. The van der Waals surface area contributed by atoms with Gasteiger partial charge in [-0.25, -0.2) is 4.98 Å². The molecule has 0 aliphatic heterocycles. The molecule has 0 unspecified atom stereocenters. The van der Waals surface area contributed by atoms with Crippen LogP contribution in [0, 0.1) is 6.92 Å². The molecule has 1 amide bonds. The Morgan fingerprint density at radius 1 is 1.17 bits per heavy atom. The van der Waals surface area contributed by atoms with Gasteiger partial charge >= 0.3 is 0 Å². The smallest absolute Gasteiger partial charge is 0.226 e. The number of benzene rings is 1. The number of amides is 1. The van der Waals surface area contributed by atoms with Crippen molar-refractivity contribution in [3.63, 3.8) is 0 Å². The summed E-state index contributed by atoms with van der Waals surface area (Å²) < 4.78 is 5.23. The summed E-state index contributed by atoms with van der Waals surface area (Å²) in [6, 6.07) is 13.3. The first-order valence-electron chi connectivity index (χ1n) is 7.81. The summed E-state index contributed by atoms with van der Waals surface area (Å²) in [5.74, 6) is 1.60. The van der Waals surface area contributed by atoms with Crippen LogP contribution in [0.5, 0.6) is 0 Å². The van der Waals surface area contributed by atoms with Gasteiger partial charge in [0.15, 0.2) is 0 Å². The predicted molar refractivity (Wildman–Crippen MR) is 90.3 cm³/mol. The molecule has 0 saturated heterocycles. The zero-order chi connectivity index (χ0) is 16.8. The van der Waals surface area contributed by atoms with Crippen molar-refractivity contribution in [2.75, 3.05) is 5.32 Å². The van der Waals surface area contributed by atoms with Gasteiger partial charge in [-0.2, -0.15) is 4.98 Å². The Bertz CT molecular complexity index is 797. The van der Waals surface area contributed by atoms with Crippen molar-refractivity contribution >= 4 is 11.7 Å². The number of nitrogens with one attached hydrogen (secondary N) is 1. The van der Waals surface area contributed by atoms with E-state index >= 15 is 0 Å². The number of nitrogens with zero attached hydrogens (tertiary/aromatic N) is 3. The molecule has 0 bridgehead atoms. The van der Waals surface area contributed by atoms with Crippen molar-refractivity contribution in [3.8, 4) is 11.4 Å². The van der Waals surface area contributed by atoms with Gasteiger partial charge in [-0.05, 0) is 25.0 Å². The molecule has 1 N–H and O–H groups in total. The van der Waals surface area contributed by atoms with Crippen molar-refractivity contribution < 1.29 is 9.32 Å². The Morgan fingerprint density at radius 2 is 2.00 bits per heavy atom. The quantitative estimate of drug-likeness (QED) is 0.752. The maximum atomic E-state index is 11.9. The van der Waals surface area contributed by atoms with Crippen LogP contribution in [0.25, 0.3) is 11.4 Å². The number of hydrogen-bond acceptors (Lipinski definition) is 5. The number of hydrogen-bond donors (Lipinski definition) is 1. The molecule has 0 saturated carbocycles. The van der Waals surface area contributed by atoms with Gasteiger partial charge in [-0.15, -0.1) is 0 Å². The molecule has 3 aromatic rings. The number of carbonyl (C=O) groups is 1. The van der Waals surface area contributed by atoms with E-state index in [2.05, 4.69) is 20.4 Å². The molecule has 2 heterocycles. The molecule has 3 rings (SSSR count). The number of aromatic nitrogens is 3. The molecule has 24 heavy (non-hydrogen) atoms. The average molecular weight is 322 g/mol. The second-order valence-electron chi connectivity index (χ2n) is 5.50. The molecule has 122 valence electrons. The first-order chi connectivity index (χ1) is 11.7. The zero-order valence-electron chi connectivity index (χ0n) is 13.4. The van der Waals surface area contributed by atoms with Gasteiger partial charge in [0.25, 0.3) is 0 Å². The van der Waals surface area contributed by atoms with E-state index in [1.54, 1.807) is 12.3 Å². The first kappa shape index (κ1) is 15.9. The molecule has 0 atom stereocenters. The Morgan fingerprint density at radius 3 is 2.75 bits per heavy atom. The fraction of sp³-hybridized carbons (Fsp3) is 0.222. The van der Waals surface area contributed by atoms with Crippen molar-refractivity contribution in [1.82, 2.24) is 15.1 Å². The molecule has 6 nitrogen and oxygen atoms in total. The summed E-state index contributed by atoms with van der Waals surface area (Å²) in [6.07, 6.45) is 3.29. The van der Waals surface area contributed by atoms with E-state index in [-0.39, 0.29) is 5.91 Å². The normalized spacial score (nSPS) is 10.5. The van der Waals surface area contributed by atoms with E-state index in [1.165, 1.54) is 0 Å². The van der Waals surface area contributed by atoms with Gasteiger partial charge in [0.2, 0.25) is 17.6 Å². The average Bonchev–Trinajstić information content (AvgIpc) is 3.07. The molecule has 0 radical (unpaired) electrons. The Labute approximate surface area is 139 Å². The van der Waals surface area contributed by atoms with Crippen LogP contribution in [0.3, 0.4) is 0 Å². The Kier molecular flexibility index (Phi) is 4.96. The largest absolute Gasteiger partial charge is 0.339 e. The summed E-state index contributed by atoms with van der Waals surface area (Å²) in [6.45, 7) is 1.95. The maximum absolute atomic E-state index is 11.9. The second-order valence-corrected chi connectivity index (χ2v) is 5.50. The van der Waals surface area contributed by atoms with Gasteiger partial charge in [-0.3, -0.25) is 4.79 Å². The lowest BCUT2D eigenvalue weighted by Crippen LogP contribution is -2.12. The summed E-state index contributed by atoms with van der Waals surface area (Å²) in [7, 11) is 0. The molecule has 0 spiro atoms. The lowest BCUT2D eigenvalue weighted by molar-refractivity contribution is -0.116. The van der Waals surface area contributed by atoms with Crippen molar-refractivity contribution in [2.24, 2.45) is 0 Å². The topological polar surface area (TPSA) is 80.9 Å². The third-order valence-electron chi connectivity index (χ3n) is 3.47. The molecular weight excluding hydrogens is 304 g/mol. The fourth-order valence-electron chi connectivity index (χ4n) is 2.21. The summed E-state index contributed by atoms with van der Waals surface area (Å²) in [4.78, 5) is 20.4. The lowest BCUT2D eigenvalue weighted by atomic mass is 10.2. The van der Waals surface area contributed by atoms with Gasteiger partial charge < -0.3 is 9.84 Å². The summed E-state index contributed by atoms with van der Waals surface area (Å²) in [5, 5.41) is 6.73. The molecule has 0 fully saturated rings. The fourth-order valence-corrected chi connectivity index (χ4v) is 2.21. The molecule has 0 aliphatic rings. The van der Waals surface area contributed by atoms with E-state index in [0.29, 0.717) is 36.8 Å². The van der Waals surface area contributed by atoms with Crippen LogP contribution in [0.15, 0.2) is 53.2 Å².